The zero-order valence-corrected chi connectivity index (χ0v) is 45.0. The maximum atomic E-state index is 5.78. The van der Waals surface area contributed by atoms with Gasteiger partial charge in [0, 0.05) is 81.7 Å². The first-order valence-corrected chi connectivity index (χ1v) is 28.5. The fourth-order valence-electron chi connectivity index (χ4n) is 14.1. The van der Waals surface area contributed by atoms with E-state index in [9.17, 15) is 0 Å². The molecule has 0 bridgehead atoms. The Morgan fingerprint density at radius 3 is 0.560 bits per heavy atom. The lowest BCUT2D eigenvalue weighted by Crippen LogP contribution is -2.13. The van der Waals surface area contributed by atoms with Gasteiger partial charge in [-0.05, 0) is 109 Å². The monoisotopic (exact) mass is 1070 g/mol. The maximum absolute atomic E-state index is 5.78. The summed E-state index contributed by atoms with van der Waals surface area (Å²) in [5.41, 5.74) is 16.1. The van der Waals surface area contributed by atoms with Gasteiger partial charge in [0.05, 0.1) is 66.2 Å². The van der Waals surface area contributed by atoms with Crippen LogP contribution in [0.3, 0.4) is 0 Å². The van der Waals surface area contributed by atoms with Crippen molar-refractivity contribution in [2.24, 2.45) is 0 Å². The Morgan fingerprint density at radius 2 is 0.333 bits per heavy atom. The average molecular weight is 1070 g/mol. The van der Waals surface area contributed by atoms with E-state index in [0.717, 1.165) is 132 Å². The van der Waals surface area contributed by atoms with Crippen molar-refractivity contribution in [1.82, 2.24) is 42.4 Å². The Bertz CT molecular complexity index is 5380. The molecule has 390 valence electrons. The molecule has 7 heterocycles. The summed E-state index contributed by atoms with van der Waals surface area (Å²) in [6.07, 6.45) is 0. The highest BCUT2D eigenvalue weighted by atomic mass is 15.3. The van der Waals surface area contributed by atoms with Crippen molar-refractivity contribution in [1.29, 1.82) is 0 Å². The molecule has 19 rings (SSSR count). The predicted molar refractivity (Wildman–Crippen MR) is 346 cm³/mol. The van der Waals surface area contributed by atoms with Crippen LogP contribution >= 0.6 is 0 Å². The van der Waals surface area contributed by atoms with Crippen molar-refractivity contribution in [3.05, 3.63) is 273 Å². The van der Waals surface area contributed by atoms with Gasteiger partial charge in [-0.2, -0.15) is 15.0 Å². The molecular formula is C75H45N9. The van der Waals surface area contributed by atoms with Gasteiger partial charge in [0.2, 0.25) is 17.8 Å². The van der Waals surface area contributed by atoms with Gasteiger partial charge in [-0.3, -0.25) is 13.7 Å². The van der Waals surface area contributed by atoms with Crippen LogP contribution < -0.4 is 0 Å². The van der Waals surface area contributed by atoms with Crippen LogP contribution in [0.1, 0.15) is 0 Å². The third-order valence-electron chi connectivity index (χ3n) is 17.6. The van der Waals surface area contributed by atoms with E-state index in [1.165, 1.54) is 16.2 Å². The van der Waals surface area contributed by atoms with E-state index in [0.29, 0.717) is 17.8 Å². The number of hydrogen-bond donors (Lipinski definition) is 0. The van der Waals surface area contributed by atoms with Crippen LogP contribution in [0.25, 0.3) is 166 Å². The zero-order chi connectivity index (χ0) is 54.7. The van der Waals surface area contributed by atoms with Gasteiger partial charge >= 0.3 is 0 Å². The Labute approximate surface area is 478 Å². The molecule has 0 saturated carbocycles. The van der Waals surface area contributed by atoms with Crippen LogP contribution in [-0.4, -0.2) is 42.4 Å². The molecule has 12 aromatic carbocycles. The van der Waals surface area contributed by atoms with Crippen molar-refractivity contribution in [2.75, 3.05) is 0 Å². The summed E-state index contributed by atoms with van der Waals surface area (Å²) in [6, 6.07) is 98.5. The van der Waals surface area contributed by atoms with Gasteiger partial charge in [0.1, 0.15) is 0 Å². The highest BCUT2D eigenvalue weighted by molar-refractivity contribution is 6.22. The second kappa shape index (κ2) is 17.0. The van der Waals surface area contributed by atoms with Gasteiger partial charge < -0.3 is 13.7 Å². The number of hydrogen-bond acceptors (Lipinski definition) is 3. The quantitative estimate of drug-likeness (QED) is 0.167. The van der Waals surface area contributed by atoms with Gasteiger partial charge in [0.15, 0.2) is 0 Å². The Morgan fingerprint density at radius 1 is 0.155 bits per heavy atom. The SMILES string of the molecule is c1ccc(-n2c3ccccc3c3cc4c(cc32)c2ccccc2n4-c2nc(-n3c4ccccc4c4cc5c(cc43)c3ccccc3n5-c3ccccc3)nc(-n3c4ccccc4c4cc5c(cc43)c3ccccc3n5-c3ccccc3)n2)cc1. The fourth-order valence-corrected chi connectivity index (χ4v) is 14.1. The highest BCUT2D eigenvalue weighted by Gasteiger charge is 2.27. The van der Waals surface area contributed by atoms with Crippen LogP contribution in [-0.2, 0) is 0 Å². The van der Waals surface area contributed by atoms with E-state index in [-0.39, 0.29) is 0 Å². The number of fused-ring (bicyclic) bond motifs is 18. The van der Waals surface area contributed by atoms with Gasteiger partial charge in [-0.1, -0.05) is 164 Å². The first-order chi connectivity index (χ1) is 41.7. The summed E-state index contributed by atoms with van der Waals surface area (Å²) in [5, 5.41) is 13.5. The van der Waals surface area contributed by atoms with Crippen LogP contribution in [0.15, 0.2) is 273 Å². The van der Waals surface area contributed by atoms with Crippen LogP contribution in [0.4, 0.5) is 0 Å². The van der Waals surface area contributed by atoms with E-state index in [4.69, 9.17) is 15.0 Å². The van der Waals surface area contributed by atoms with Crippen molar-refractivity contribution in [2.45, 2.75) is 0 Å². The average Bonchev–Trinajstić information content (AvgIpc) is 1.84. The smallest absolute Gasteiger partial charge is 0.241 e. The third-order valence-corrected chi connectivity index (χ3v) is 17.6. The molecule has 0 aliphatic heterocycles. The Hall–Kier alpha value is -11.6. The summed E-state index contributed by atoms with van der Waals surface area (Å²) < 4.78 is 14.0. The molecule has 7 aromatic heterocycles. The summed E-state index contributed by atoms with van der Waals surface area (Å²) in [6.45, 7) is 0. The zero-order valence-electron chi connectivity index (χ0n) is 45.0. The van der Waals surface area contributed by atoms with Crippen molar-refractivity contribution in [3.8, 4) is 34.9 Å². The molecule has 9 nitrogen and oxygen atoms in total. The lowest BCUT2D eigenvalue weighted by Gasteiger charge is -2.14. The fraction of sp³-hybridized carbons (Fsp3) is 0. The topological polar surface area (TPSA) is 68.2 Å². The lowest BCUT2D eigenvalue weighted by atomic mass is 10.1. The van der Waals surface area contributed by atoms with E-state index in [2.05, 4.69) is 300 Å². The molecule has 0 atom stereocenters. The molecule has 9 heteroatoms. The summed E-state index contributed by atoms with van der Waals surface area (Å²) in [4.78, 5) is 17.4. The van der Waals surface area contributed by atoms with Crippen LogP contribution in [0.2, 0.25) is 0 Å². The number of nitrogens with zero attached hydrogens (tertiary/aromatic N) is 9. The summed E-state index contributed by atoms with van der Waals surface area (Å²) >= 11 is 0. The Balaban J connectivity index is 0.955. The predicted octanol–water partition coefficient (Wildman–Crippen LogP) is 18.5. The molecule has 0 unspecified atom stereocenters. The van der Waals surface area contributed by atoms with Gasteiger partial charge in [-0.15, -0.1) is 0 Å². The number of para-hydroxylation sites is 9. The molecule has 84 heavy (non-hydrogen) atoms. The van der Waals surface area contributed by atoms with Crippen molar-refractivity contribution < 1.29 is 0 Å². The number of benzene rings is 12. The van der Waals surface area contributed by atoms with E-state index in [1.54, 1.807) is 0 Å². The molecule has 0 aliphatic carbocycles. The first kappa shape index (κ1) is 45.2. The molecular weight excluding hydrogens is 1030 g/mol. The number of rotatable bonds is 6. The van der Waals surface area contributed by atoms with Gasteiger partial charge in [0.25, 0.3) is 0 Å². The van der Waals surface area contributed by atoms with E-state index in [1.807, 2.05) is 0 Å². The molecule has 0 saturated heterocycles. The van der Waals surface area contributed by atoms with E-state index >= 15 is 0 Å². The second-order valence-corrected chi connectivity index (χ2v) is 22.0. The van der Waals surface area contributed by atoms with Crippen molar-refractivity contribution in [3.63, 3.8) is 0 Å². The van der Waals surface area contributed by atoms with E-state index < -0.39 is 0 Å². The summed E-state index contributed by atoms with van der Waals surface area (Å²) in [5.74, 6) is 1.52. The highest BCUT2D eigenvalue weighted by Crippen LogP contribution is 2.44. The maximum Gasteiger partial charge on any atom is 0.241 e. The molecule has 0 radical (unpaired) electrons. The largest absolute Gasteiger partial charge is 0.309 e. The van der Waals surface area contributed by atoms with Crippen molar-refractivity contribution >= 4 is 131 Å². The van der Waals surface area contributed by atoms with Crippen LogP contribution in [0, 0.1) is 0 Å². The third kappa shape index (κ3) is 6.18. The molecule has 0 aliphatic rings. The summed E-state index contributed by atoms with van der Waals surface area (Å²) in [7, 11) is 0. The normalized spacial score (nSPS) is 12.3. The number of aromatic nitrogens is 9. The Kier molecular flexibility index (Phi) is 9.15. The minimum Gasteiger partial charge on any atom is -0.309 e. The molecule has 0 amide bonds. The second-order valence-electron chi connectivity index (χ2n) is 22.0. The van der Waals surface area contributed by atoms with Crippen LogP contribution in [0.5, 0.6) is 0 Å². The minimum absolute atomic E-state index is 0.507. The first-order valence-electron chi connectivity index (χ1n) is 28.5. The lowest BCUT2D eigenvalue weighted by molar-refractivity contribution is 0.848. The molecule has 0 N–H and O–H groups in total. The molecule has 0 spiro atoms. The minimum atomic E-state index is 0.507. The molecule has 19 aromatic rings. The standard InChI is InChI=1S/C75H45N9/c1-4-22-46(23-5-1)79-61-34-16-10-28-49(61)55-43-70-58(40-67(55)79)52-31-13-19-37-64(52)82(70)73-76-74(83-65-38-20-14-32-53(65)59-41-68-56(44-71(59)83)50-29-11-17-35-62(50)80(68)47-24-6-2-7-25-47)78-75(77-73)84-66-39-21-15-33-54(66)60-42-69-57(45-72(60)84)51-30-12-18-36-63(51)81(69)48-26-8-3-9-27-48/h1-45H. The molecule has 0 fully saturated rings. The van der Waals surface area contributed by atoms with Gasteiger partial charge in [-0.25, -0.2) is 0 Å².